The number of ether oxygens (including phenoxy) is 6. The van der Waals surface area contributed by atoms with Gasteiger partial charge in [0, 0.05) is 11.1 Å². The van der Waals surface area contributed by atoms with Gasteiger partial charge in [-0.05, 0) is 92.4 Å². The summed E-state index contributed by atoms with van der Waals surface area (Å²) in [4.78, 5) is 11.8. The molecule has 0 atom stereocenters. The SMILES string of the molecule is CC/C=C(C)/C(=C(/OCOC(=O)OCC)c1cc(Cl)c(OC)cc1C)c1ccc(Oc2ccc(OC(F)(F)F)cc2)cc1. The van der Waals surface area contributed by atoms with Crippen molar-refractivity contribution in [3.8, 4) is 23.0 Å². The molecular formula is C32H32ClF3O7. The van der Waals surface area contributed by atoms with Gasteiger partial charge in [-0.15, -0.1) is 13.2 Å². The second-order valence-electron chi connectivity index (χ2n) is 9.04. The predicted octanol–water partition coefficient (Wildman–Crippen LogP) is 9.72. The molecule has 0 radical (unpaired) electrons. The fraction of sp³-hybridized carbons (Fsp3) is 0.281. The second kappa shape index (κ2) is 15.2. The van der Waals surface area contributed by atoms with E-state index in [1.807, 2.05) is 39.0 Å². The third kappa shape index (κ3) is 9.61. The van der Waals surface area contributed by atoms with Crippen molar-refractivity contribution < 1.29 is 46.4 Å². The van der Waals surface area contributed by atoms with Crippen LogP contribution in [0.1, 0.15) is 43.9 Å². The fourth-order valence-corrected chi connectivity index (χ4v) is 4.36. The second-order valence-corrected chi connectivity index (χ2v) is 9.44. The molecular weight excluding hydrogens is 589 g/mol. The number of aryl methyl sites for hydroxylation is 1. The predicted molar refractivity (Wildman–Crippen MR) is 157 cm³/mol. The lowest BCUT2D eigenvalue weighted by molar-refractivity contribution is -0.274. The van der Waals surface area contributed by atoms with E-state index in [2.05, 4.69) is 4.74 Å². The van der Waals surface area contributed by atoms with E-state index in [0.717, 1.165) is 23.1 Å². The maximum atomic E-state index is 12.5. The molecule has 0 fully saturated rings. The summed E-state index contributed by atoms with van der Waals surface area (Å²) in [5.74, 6) is 1.32. The Balaban J connectivity index is 2.03. The van der Waals surface area contributed by atoms with Gasteiger partial charge in [0.25, 0.3) is 0 Å². The largest absolute Gasteiger partial charge is 0.573 e. The van der Waals surface area contributed by atoms with Gasteiger partial charge in [-0.2, -0.15) is 0 Å². The van der Waals surface area contributed by atoms with Crippen LogP contribution in [0.2, 0.25) is 5.02 Å². The average Bonchev–Trinajstić information content (AvgIpc) is 2.95. The third-order valence-corrected chi connectivity index (χ3v) is 6.25. The zero-order valence-corrected chi connectivity index (χ0v) is 25.1. The highest BCUT2D eigenvalue weighted by Gasteiger charge is 2.31. The van der Waals surface area contributed by atoms with Crippen LogP contribution in [0, 0.1) is 6.92 Å². The normalized spacial score (nSPS) is 12.3. The number of allylic oxidation sites excluding steroid dienone is 3. The Kier molecular flexibility index (Phi) is 11.8. The summed E-state index contributed by atoms with van der Waals surface area (Å²) in [6, 6.07) is 15.7. The van der Waals surface area contributed by atoms with E-state index in [0.29, 0.717) is 39.2 Å². The van der Waals surface area contributed by atoms with Gasteiger partial charge in [0.1, 0.15) is 28.8 Å². The molecule has 0 amide bonds. The minimum absolute atomic E-state index is 0.151. The van der Waals surface area contributed by atoms with Crippen LogP contribution in [0.4, 0.5) is 18.0 Å². The summed E-state index contributed by atoms with van der Waals surface area (Å²) >= 11 is 6.50. The molecule has 0 spiro atoms. The van der Waals surface area contributed by atoms with Crippen molar-refractivity contribution in [1.82, 2.24) is 0 Å². The zero-order chi connectivity index (χ0) is 31.6. The molecule has 0 saturated carbocycles. The minimum atomic E-state index is -4.78. The van der Waals surface area contributed by atoms with E-state index >= 15 is 0 Å². The van der Waals surface area contributed by atoms with E-state index in [-0.39, 0.29) is 12.4 Å². The standard InChI is InChI=1S/C32H32ClF3O7/c1-6-8-20(3)29(22-9-11-23(12-10-22)42-24-13-15-25(16-14-24)43-32(34,35)36)30(40-19-41-31(37)39-7-2)26-18-27(33)28(38-5)17-21(26)4/h8-18H,6-7,19H2,1-5H3/b20-8+,30-29-. The van der Waals surface area contributed by atoms with Crippen LogP contribution >= 0.6 is 11.6 Å². The van der Waals surface area contributed by atoms with Gasteiger partial charge in [-0.3, -0.25) is 0 Å². The molecule has 3 rings (SSSR count). The number of halogens is 4. The van der Waals surface area contributed by atoms with Crippen molar-refractivity contribution in [2.24, 2.45) is 0 Å². The highest BCUT2D eigenvalue weighted by Crippen LogP contribution is 2.39. The number of carbonyl (C=O) groups excluding carboxylic acids is 1. The number of methoxy groups -OCH3 is 1. The molecule has 3 aromatic rings. The van der Waals surface area contributed by atoms with Crippen LogP contribution in [-0.4, -0.2) is 33.0 Å². The number of alkyl halides is 3. The summed E-state index contributed by atoms with van der Waals surface area (Å²) in [6.07, 6.45) is -2.88. The Morgan fingerprint density at radius 1 is 0.907 bits per heavy atom. The molecule has 0 aliphatic heterocycles. The molecule has 0 saturated heterocycles. The Morgan fingerprint density at radius 3 is 2.07 bits per heavy atom. The lowest BCUT2D eigenvalue weighted by Crippen LogP contribution is -2.16. The summed E-state index contributed by atoms with van der Waals surface area (Å²) in [5.41, 5.74) is 3.79. The smallest absolute Gasteiger partial charge is 0.495 e. The summed E-state index contributed by atoms with van der Waals surface area (Å²) < 4.78 is 68.5. The number of benzene rings is 3. The number of carbonyl (C=O) groups is 1. The molecule has 0 aliphatic carbocycles. The van der Waals surface area contributed by atoms with Crippen molar-refractivity contribution in [2.75, 3.05) is 20.5 Å². The molecule has 0 N–H and O–H groups in total. The first kappa shape index (κ1) is 33.2. The first-order valence-electron chi connectivity index (χ1n) is 13.3. The monoisotopic (exact) mass is 620 g/mol. The van der Waals surface area contributed by atoms with Crippen LogP contribution in [0.3, 0.4) is 0 Å². The van der Waals surface area contributed by atoms with Crippen molar-refractivity contribution in [1.29, 1.82) is 0 Å². The summed E-state index contributed by atoms with van der Waals surface area (Å²) in [6.45, 7) is 7.21. The Morgan fingerprint density at radius 2 is 1.51 bits per heavy atom. The minimum Gasteiger partial charge on any atom is -0.495 e. The highest BCUT2D eigenvalue weighted by molar-refractivity contribution is 6.32. The lowest BCUT2D eigenvalue weighted by atomic mass is 9.92. The molecule has 0 aliphatic rings. The van der Waals surface area contributed by atoms with Crippen LogP contribution in [0.5, 0.6) is 23.0 Å². The molecule has 11 heteroatoms. The van der Waals surface area contributed by atoms with E-state index in [9.17, 15) is 18.0 Å². The molecule has 230 valence electrons. The molecule has 7 nitrogen and oxygen atoms in total. The average molecular weight is 621 g/mol. The van der Waals surface area contributed by atoms with Gasteiger partial charge in [0.2, 0.25) is 6.79 Å². The van der Waals surface area contributed by atoms with Crippen LogP contribution in [0.15, 0.2) is 72.3 Å². The number of hydrogen-bond acceptors (Lipinski definition) is 7. The Labute approximate surface area is 253 Å². The molecule has 0 aromatic heterocycles. The molecule has 0 unspecified atom stereocenters. The Bertz CT molecular complexity index is 1450. The van der Waals surface area contributed by atoms with Crippen LogP contribution < -0.4 is 14.2 Å². The first-order chi connectivity index (χ1) is 20.4. The zero-order valence-electron chi connectivity index (χ0n) is 24.3. The third-order valence-electron chi connectivity index (χ3n) is 5.95. The summed E-state index contributed by atoms with van der Waals surface area (Å²) in [7, 11) is 1.52. The van der Waals surface area contributed by atoms with Crippen molar-refractivity contribution in [3.63, 3.8) is 0 Å². The fourth-order valence-electron chi connectivity index (χ4n) is 4.12. The molecule has 43 heavy (non-hydrogen) atoms. The van der Waals surface area contributed by atoms with Gasteiger partial charge < -0.3 is 28.4 Å². The number of rotatable bonds is 12. The van der Waals surface area contributed by atoms with Gasteiger partial charge in [0.05, 0.1) is 18.7 Å². The summed E-state index contributed by atoms with van der Waals surface area (Å²) in [5, 5.41) is 0.363. The molecule has 0 bridgehead atoms. The van der Waals surface area contributed by atoms with Crippen LogP contribution in [0.25, 0.3) is 11.3 Å². The van der Waals surface area contributed by atoms with Gasteiger partial charge in [0.15, 0.2) is 0 Å². The van der Waals surface area contributed by atoms with E-state index < -0.39 is 19.3 Å². The van der Waals surface area contributed by atoms with Crippen molar-refractivity contribution in [3.05, 3.63) is 94.0 Å². The number of hydrogen-bond donors (Lipinski definition) is 0. The van der Waals surface area contributed by atoms with Gasteiger partial charge in [-0.1, -0.05) is 36.7 Å². The first-order valence-corrected chi connectivity index (χ1v) is 13.7. The van der Waals surface area contributed by atoms with Gasteiger partial charge in [-0.25, -0.2) is 4.79 Å². The van der Waals surface area contributed by atoms with Crippen LogP contribution in [-0.2, 0) is 14.2 Å². The van der Waals surface area contributed by atoms with Gasteiger partial charge >= 0.3 is 12.5 Å². The molecule has 3 aromatic carbocycles. The maximum Gasteiger partial charge on any atom is 0.573 e. The lowest BCUT2D eigenvalue weighted by Gasteiger charge is -2.20. The van der Waals surface area contributed by atoms with Crippen molar-refractivity contribution in [2.45, 2.75) is 40.5 Å². The highest BCUT2D eigenvalue weighted by atomic mass is 35.5. The van der Waals surface area contributed by atoms with E-state index in [1.54, 1.807) is 31.2 Å². The topological polar surface area (TPSA) is 72.5 Å². The Hall–Kier alpha value is -4.31. The molecule has 0 heterocycles. The van der Waals surface area contributed by atoms with Crippen molar-refractivity contribution >= 4 is 29.1 Å². The quantitative estimate of drug-likeness (QED) is 0.0656. The van der Waals surface area contributed by atoms with E-state index in [4.69, 9.17) is 35.3 Å². The maximum absolute atomic E-state index is 12.5. The van der Waals surface area contributed by atoms with E-state index in [1.165, 1.54) is 31.4 Å².